The van der Waals surface area contributed by atoms with E-state index in [1.54, 1.807) is 0 Å². The van der Waals surface area contributed by atoms with E-state index < -0.39 is 0 Å². The molecule has 144 valence electrons. The van der Waals surface area contributed by atoms with Gasteiger partial charge in [-0.3, -0.25) is 0 Å². The van der Waals surface area contributed by atoms with E-state index >= 15 is 0 Å². The van der Waals surface area contributed by atoms with E-state index in [-0.39, 0.29) is 6.29 Å². The molecule has 0 bridgehead atoms. The van der Waals surface area contributed by atoms with E-state index in [9.17, 15) is 0 Å². The standard InChI is InChI=1S/C19H38O5/c1-2-3-4-5-6-8-11-20-13-14-21-15-16-22-17-18-24-19-10-7-9-12-23-19/h19H,2-18H2,1H3. The molecular weight excluding hydrogens is 308 g/mol. The molecular formula is C19H38O5. The van der Waals surface area contributed by atoms with Gasteiger partial charge in [-0.2, -0.15) is 0 Å². The molecule has 1 fully saturated rings. The molecule has 0 aromatic carbocycles. The number of rotatable bonds is 17. The minimum atomic E-state index is -0.0256. The van der Waals surface area contributed by atoms with Crippen LogP contribution in [-0.2, 0) is 23.7 Å². The lowest BCUT2D eigenvalue weighted by atomic mass is 10.1. The Morgan fingerprint density at radius 3 is 2.00 bits per heavy atom. The van der Waals surface area contributed by atoms with Crippen LogP contribution in [0.25, 0.3) is 0 Å². The second-order valence-electron chi connectivity index (χ2n) is 6.27. The van der Waals surface area contributed by atoms with Gasteiger partial charge in [0.1, 0.15) is 0 Å². The first-order valence-electron chi connectivity index (χ1n) is 9.90. The zero-order valence-electron chi connectivity index (χ0n) is 15.6. The summed E-state index contributed by atoms with van der Waals surface area (Å²) in [6.45, 7) is 7.64. The van der Waals surface area contributed by atoms with Crippen molar-refractivity contribution in [3.8, 4) is 0 Å². The fourth-order valence-corrected chi connectivity index (χ4v) is 2.61. The van der Waals surface area contributed by atoms with Gasteiger partial charge in [0.05, 0.1) is 39.6 Å². The number of ether oxygens (including phenoxy) is 5. The summed E-state index contributed by atoms with van der Waals surface area (Å²) in [5.74, 6) is 0. The van der Waals surface area contributed by atoms with Crippen LogP contribution in [0.3, 0.4) is 0 Å². The minimum Gasteiger partial charge on any atom is -0.379 e. The molecule has 1 saturated heterocycles. The molecule has 1 unspecified atom stereocenters. The van der Waals surface area contributed by atoms with E-state index in [4.69, 9.17) is 23.7 Å². The number of hydrogen-bond donors (Lipinski definition) is 0. The van der Waals surface area contributed by atoms with Gasteiger partial charge in [0.15, 0.2) is 6.29 Å². The van der Waals surface area contributed by atoms with Crippen LogP contribution in [0.2, 0.25) is 0 Å². The lowest BCUT2D eigenvalue weighted by Crippen LogP contribution is -2.24. The van der Waals surface area contributed by atoms with Gasteiger partial charge in [0.25, 0.3) is 0 Å². The van der Waals surface area contributed by atoms with Crippen molar-refractivity contribution in [2.75, 3.05) is 52.9 Å². The van der Waals surface area contributed by atoms with Crippen molar-refractivity contribution in [3.05, 3.63) is 0 Å². The quantitative estimate of drug-likeness (QED) is 0.373. The van der Waals surface area contributed by atoms with Crippen molar-refractivity contribution < 1.29 is 23.7 Å². The summed E-state index contributed by atoms with van der Waals surface area (Å²) < 4.78 is 27.6. The summed E-state index contributed by atoms with van der Waals surface area (Å²) >= 11 is 0. The molecule has 1 aliphatic heterocycles. The molecule has 0 saturated carbocycles. The fourth-order valence-electron chi connectivity index (χ4n) is 2.61. The van der Waals surface area contributed by atoms with E-state index in [1.807, 2.05) is 0 Å². The molecule has 0 aliphatic carbocycles. The summed E-state index contributed by atoms with van der Waals surface area (Å²) in [7, 11) is 0. The second-order valence-corrected chi connectivity index (χ2v) is 6.27. The number of hydrogen-bond acceptors (Lipinski definition) is 5. The molecule has 5 heteroatoms. The Kier molecular flexibility index (Phi) is 16.0. The molecule has 0 aromatic heterocycles. The molecule has 0 amide bonds. The highest BCUT2D eigenvalue weighted by molar-refractivity contribution is 4.53. The van der Waals surface area contributed by atoms with Crippen molar-refractivity contribution in [1.82, 2.24) is 0 Å². The first-order chi connectivity index (χ1) is 11.9. The van der Waals surface area contributed by atoms with Gasteiger partial charge in [-0.15, -0.1) is 0 Å². The van der Waals surface area contributed by atoms with Gasteiger partial charge in [-0.25, -0.2) is 0 Å². The summed E-state index contributed by atoms with van der Waals surface area (Å²) in [6.07, 6.45) is 11.1. The maximum atomic E-state index is 5.59. The molecule has 1 heterocycles. The Morgan fingerprint density at radius 2 is 1.33 bits per heavy atom. The summed E-state index contributed by atoms with van der Waals surface area (Å²) in [5.41, 5.74) is 0. The van der Waals surface area contributed by atoms with Crippen LogP contribution in [-0.4, -0.2) is 59.1 Å². The van der Waals surface area contributed by atoms with Crippen LogP contribution in [0, 0.1) is 0 Å². The Hall–Kier alpha value is -0.200. The lowest BCUT2D eigenvalue weighted by molar-refractivity contribution is -0.169. The van der Waals surface area contributed by atoms with Crippen LogP contribution in [0.1, 0.15) is 64.7 Å². The first kappa shape index (κ1) is 21.8. The smallest absolute Gasteiger partial charge is 0.157 e. The first-order valence-corrected chi connectivity index (χ1v) is 9.90. The molecule has 0 radical (unpaired) electrons. The molecule has 0 spiro atoms. The van der Waals surface area contributed by atoms with Crippen LogP contribution in [0.4, 0.5) is 0 Å². The third kappa shape index (κ3) is 14.2. The van der Waals surface area contributed by atoms with Gasteiger partial charge in [-0.05, 0) is 25.7 Å². The van der Waals surface area contributed by atoms with Gasteiger partial charge < -0.3 is 23.7 Å². The third-order valence-corrected chi connectivity index (χ3v) is 4.06. The Morgan fingerprint density at radius 1 is 0.708 bits per heavy atom. The van der Waals surface area contributed by atoms with Crippen molar-refractivity contribution in [3.63, 3.8) is 0 Å². The molecule has 0 aromatic rings. The predicted octanol–water partition coefficient (Wildman–Crippen LogP) is 3.94. The van der Waals surface area contributed by atoms with Crippen molar-refractivity contribution in [2.45, 2.75) is 71.0 Å². The van der Waals surface area contributed by atoms with Crippen molar-refractivity contribution >= 4 is 0 Å². The van der Waals surface area contributed by atoms with Crippen molar-refractivity contribution in [2.24, 2.45) is 0 Å². The summed E-state index contributed by atoms with van der Waals surface area (Å²) in [4.78, 5) is 0. The topological polar surface area (TPSA) is 46.2 Å². The average Bonchev–Trinajstić information content (AvgIpc) is 2.62. The van der Waals surface area contributed by atoms with E-state index in [0.717, 1.165) is 32.5 Å². The van der Waals surface area contributed by atoms with E-state index in [1.165, 1.54) is 38.5 Å². The van der Waals surface area contributed by atoms with Crippen LogP contribution in [0.15, 0.2) is 0 Å². The van der Waals surface area contributed by atoms with Gasteiger partial charge in [0.2, 0.25) is 0 Å². The lowest BCUT2D eigenvalue weighted by Gasteiger charge is -2.22. The average molecular weight is 347 g/mol. The van der Waals surface area contributed by atoms with Crippen LogP contribution >= 0.6 is 0 Å². The number of unbranched alkanes of at least 4 members (excludes halogenated alkanes) is 5. The molecule has 0 N–H and O–H groups in total. The SMILES string of the molecule is CCCCCCCCOCCOCCOCCOC1CCCCO1. The Labute approximate surface area is 148 Å². The maximum Gasteiger partial charge on any atom is 0.157 e. The van der Waals surface area contributed by atoms with Crippen LogP contribution < -0.4 is 0 Å². The maximum absolute atomic E-state index is 5.59. The summed E-state index contributed by atoms with van der Waals surface area (Å²) in [5, 5.41) is 0. The third-order valence-electron chi connectivity index (χ3n) is 4.06. The highest BCUT2D eigenvalue weighted by atomic mass is 16.7. The highest BCUT2D eigenvalue weighted by Crippen LogP contribution is 2.13. The Balaban J connectivity index is 1.66. The second kappa shape index (κ2) is 17.6. The normalized spacial score (nSPS) is 18.1. The van der Waals surface area contributed by atoms with Crippen LogP contribution in [0.5, 0.6) is 0 Å². The van der Waals surface area contributed by atoms with Gasteiger partial charge in [-0.1, -0.05) is 39.0 Å². The zero-order valence-corrected chi connectivity index (χ0v) is 15.6. The zero-order chi connectivity index (χ0) is 17.1. The van der Waals surface area contributed by atoms with E-state index in [0.29, 0.717) is 39.6 Å². The highest BCUT2D eigenvalue weighted by Gasteiger charge is 2.13. The molecule has 24 heavy (non-hydrogen) atoms. The summed E-state index contributed by atoms with van der Waals surface area (Å²) in [6, 6.07) is 0. The Bertz CT molecular complexity index is 244. The predicted molar refractivity (Wildman–Crippen MR) is 95.4 cm³/mol. The largest absolute Gasteiger partial charge is 0.379 e. The molecule has 1 aliphatic rings. The van der Waals surface area contributed by atoms with Gasteiger partial charge in [0, 0.05) is 13.2 Å². The monoisotopic (exact) mass is 346 g/mol. The fraction of sp³-hybridized carbons (Fsp3) is 1.00. The van der Waals surface area contributed by atoms with E-state index in [2.05, 4.69) is 6.92 Å². The van der Waals surface area contributed by atoms with Crippen molar-refractivity contribution in [1.29, 1.82) is 0 Å². The molecule has 1 atom stereocenters. The molecule has 1 rings (SSSR count). The molecule has 5 nitrogen and oxygen atoms in total. The van der Waals surface area contributed by atoms with Gasteiger partial charge >= 0.3 is 0 Å². The minimum absolute atomic E-state index is 0.0256.